The number of methoxy groups -OCH3 is 1. The lowest BCUT2D eigenvalue weighted by Crippen LogP contribution is -2.34. The summed E-state index contributed by atoms with van der Waals surface area (Å²) >= 11 is 0. The zero-order valence-electron chi connectivity index (χ0n) is 17.2. The molecule has 2 N–H and O–H groups in total. The molecular weight excluding hydrogens is 380 g/mol. The van der Waals surface area contributed by atoms with Gasteiger partial charge in [0.25, 0.3) is 5.91 Å². The summed E-state index contributed by atoms with van der Waals surface area (Å²) in [4.78, 5) is 15.5. The Morgan fingerprint density at radius 2 is 1.93 bits per heavy atom. The molecule has 5 rings (SSSR count). The molecule has 2 heterocycles. The van der Waals surface area contributed by atoms with Crippen LogP contribution in [0.2, 0.25) is 0 Å². The van der Waals surface area contributed by atoms with Crippen LogP contribution in [0.15, 0.2) is 42.5 Å². The average Bonchev–Trinajstić information content (AvgIpc) is 3.36. The molecule has 158 valence electrons. The monoisotopic (exact) mass is 408 g/mol. The SMILES string of the molecule is COc1ccc([C@H]2[C@H]3CNC[C@H]3CN2C(=O)c2cc(O)cc(OCC3CC3)c2)cc1. The van der Waals surface area contributed by atoms with Gasteiger partial charge in [0.2, 0.25) is 0 Å². The molecule has 0 spiro atoms. The van der Waals surface area contributed by atoms with Crippen molar-refractivity contribution in [3.63, 3.8) is 0 Å². The first-order chi connectivity index (χ1) is 14.6. The summed E-state index contributed by atoms with van der Waals surface area (Å²) in [7, 11) is 1.65. The summed E-state index contributed by atoms with van der Waals surface area (Å²) in [6, 6.07) is 12.9. The number of nitrogens with zero attached hydrogens (tertiary/aromatic N) is 1. The van der Waals surface area contributed by atoms with Gasteiger partial charge in [-0.1, -0.05) is 12.1 Å². The first kappa shape index (κ1) is 19.2. The van der Waals surface area contributed by atoms with E-state index in [4.69, 9.17) is 9.47 Å². The molecule has 6 nitrogen and oxygen atoms in total. The fourth-order valence-corrected chi connectivity index (χ4v) is 4.81. The highest BCUT2D eigenvalue weighted by molar-refractivity contribution is 5.95. The zero-order valence-corrected chi connectivity index (χ0v) is 17.2. The number of fused-ring (bicyclic) bond motifs is 1. The van der Waals surface area contributed by atoms with Crippen molar-refractivity contribution in [1.29, 1.82) is 0 Å². The van der Waals surface area contributed by atoms with E-state index in [1.54, 1.807) is 25.3 Å². The minimum absolute atomic E-state index is 0.00147. The standard InChI is InChI=1S/C24H28N2O4/c1-29-20-6-4-16(5-7-20)23-22-12-25-11-18(22)13-26(23)24(28)17-8-19(27)10-21(9-17)30-14-15-2-3-15/h4-10,15,18,22-23,25,27H,2-3,11-14H2,1H3/t18-,22-,23-/m0/s1. The van der Waals surface area contributed by atoms with Gasteiger partial charge in [-0.3, -0.25) is 4.79 Å². The van der Waals surface area contributed by atoms with Crippen molar-refractivity contribution in [3.05, 3.63) is 53.6 Å². The minimum Gasteiger partial charge on any atom is -0.508 e. The number of hydrogen-bond donors (Lipinski definition) is 2. The molecule has 2 aromatic rings. The Labute approximate surface area is 176 Å². The smallest absolute Gasteiger partial charge is 0.254 e. The quantitative estimate of drug-likeness (QED) is 0.768. The first-order valence-electron chi connectivity index (χ1n) is 10.7. The van der Waals surface area contributed by atoms with E-state index in [1.165, 1.54) is 12.8 Å². The van der Waals surface area contributed by atoms with Gasteiger partial charge in [-0.25, -0.2) is 0 Å². The maximum Gasteiger partial charge on any atom is 0.254 e. The number of phenols is 1. The van der Waals surface area contributed by atoms with Crippen LogP contribution in [0.4, 0.5) is 0 Å². The Balaban J connectivity index is 1.42. The number of ether oxygens (including phenoxy) is 2. The van der Waals surface area contributed by atoms with Crippen molar-refractivity contribution >= 4 is 5.91 Å². The van der Waals surface area contributed by atoms with Crippen LogP contribution >= 0.6 is 0 Å². The van der Waals surface area contributed by atoms with Crippen LogP contribution in [-0.4, -0.2) is 49.3 Å². The number of nitrogens with one attached hydrogen (secondary N) is 1. The number of carbonyl (C=O) groups is 1. The normalized spacial score (nSPS) is 25.2. The van der Waals surface area contributed by atoms with E-state index in [0.29, 0.717) is 42.2 Å². The van der Waals surface area contributed by atoms with E-state index >= 15 is 0 Å². The van der Waals surface area contributed by atoms with Gasteiger partial charge < -0.3 is 24.8 Å². The van der Waals surface area contributed by atoms with E-state index in [9.17, 15) is 9.90 Å². The second-order valence-electron chi connectivity index (χ2n) is 8.73. The van der Waals surface area contributed by atoms with Gasteiger partial charge in [-0.15, -0.1) is 0 Å². The highest BCUT2D eigenvalue weighted by Gasteiger charge is 2.47. The molecule has 0 bridgehead atoms. The molecule has 0 aromatic heterocycles. The molecule has 3 atom stereocenters. The van der Waals surface area contributed by atoms with Gasteiger partial charge in [0.05, 0.1) is 19.8 Å². The molecule has 1 saturated carbocycles. The van der Waals surface area contributed by atoms with Crippen LogP contribution in [0.3, 0.4) is 0 Å². The van der Waals surface area contributed by atoms with Crippen LogP contribution in [0, 0.1) is 17.8 Å². The lowest BCUT2D eigenvalue weighted by atomic mass is 9.89. The largest absolute Gasteiger partial charge is 0.508 e. The predicted molar refractivity (Wildman–Crippen MR) is 113 cm³/mol. The Kier molecular flexibility index (Phi) is 5.03. The van der Waals surface area contributed by atoms with Gasteiger partial charge in [0, 0.05) is 37.2 Å². The van der Waals surface area contributed by atoms with Crippen LogP contribution in [0.1, 0.15) is 34.8 Å². The average molecular weight is 408 g/mol. The number of hydrogen-bond acceptors (Lipinski definition) is 5. The van der Waals surface area contributed by atoms with Crippen molar-refractivity contribution in [2.24, 2.45) is 17.8 Å². The lowest BCUT2D eigenvalue weighted by Gasteiger charge is -2.29. The van der Waals surface area contributed by atoms with Crippen LogP contribution in [0.5, 0.6) is 17.2 Å². The summed E-state index contributed by atoms with van der Waals surface area (Å²) in [5.74, 6) is 2.80. The molecule has 2 aliphatic heterocycles. The van der Waals surface area contributed by atoms with E-state index in [2.05, 4.69) is 17.4 Å². The van der Waals surface area contributed by atoms with Crippen molar-refractivity contribution < 1.29 is 19.4 Å². The van der Waals surface area contributed by atoms with E-state index in [-0.39, 0.29) is 17.7 Å². The summed E-state index contributed by atoms with van der Waals surface area (Å²) < 4.78 is 11.1. The molecule has 2 aromatic carbocycles. The number of carbonyl (C=O) groups excluding carboxylic acids is 1. The highest BCUT2D eigenvalue weighted by atomic mass is 16.5. The van der Waals surface area contributed by atoms with Crippen molar-refractivity contribution in [3.8, 4) is 17.2 Å². The third-order valence-corrected chi connectivity index (χ3v) is 6.60. The molecule has 30 heavy (non-hydrogen) atoms. The van der Waals surface area contributed by atoms with Crippen molar-refractivity contribution in [2.45, 2.75) is 18.9 Å². The number of benzene rings is 2. The van der Waals surface area contributed by atoms with E-state index in [0.717, 1.165) is 24.4 Å². The van der Waals surface area contributed by atoms with E-state index < -0.39 is 0 Å². The van der Waals surface area contributed by atoms with Crippen LogP contribution in [0.25, 0.3) is 0 Å². The van der Waals surface area contributed by atoms with Crippen LogP contribution < -0.4 is 14.8 Å². The number of phenolic OH excluding ortho intramolecular Hbond substituents is 1. The van der Waals surface area contributed by atoms with E-state index in [1.807, 2.05) is 17.0 Å². The molecular formula is C24H28N2O4. The maximum atomic E-state index is 13.6. The Bertz CT molecular complexity index is 925. The molecule has 3 aliphatic rings. The summed E-state index contributed by atoms with van der Waals surface area (Å²) in [5.41, 5.74) is 1.60. The predicted octanol–water partition coefficient (Wildman–Crippen LogP) is 3.22. The fraction of sp³-hybridized carbons (Fsp3) is 0.458. The third kappa shape index (κ3) is 3.72. The zero-order chi connectivity index (χ0) is 20.7. The number of likely N-dealkylation sites (tertiary alicyclic amines) is 1. The molecule has 1 aliphatic carbocycles. The third-order valence-electron chi connectivity index (χ3n) is 6.60. The van der Waals surface area contributed by atoms with Gasteiger partial charge in [-0.05, 0) is 54.5 Å². The van der Waals surface area contributed by atoms with Gasteiger partial charge in [-0.2, -0.15) is 0 Å². The topological polar surface area (TPSA) is 71.0 Å². The maximum absolute atomic E-state index is 13.6. The minimum atomic E-state index is -0.0580. The fourth-order valence-electron chi connectivity index (χ4n) is 4.81. The highest BCUT2D eigenvalue weighted by Crippen LogP contribution is 2.44. The molecule has 0 radical (unpaired) electrons. The van der Waals surface area contributed by atoms with Crippen molar-refractivity contribution in [2.75, 3.05) is 33.4 Å². The molecule has 2 saturated heterocycles. The van der Waals surface area contributed by atoms with Gasteiger partial charge >= 0.3 is 0 Å². The molecule has 3 fully saturated rings. The molecule has 6 heteroatoms. The number of aromatic hydroxyl groups is 1. The molecule has 1 amide bonds. The Hall–Kier alpha value is -2.73. The Morgan fingerprint density at radius 1 is 1.13 bits per heavy atom. The molecule has 0 unspecified atom stereocenters. The summed E-state index contributed by atoms with van der Waals surface area (Å²) in [5, 5.41) is 13.7. The number of rotatable bonds is 6. The summed E-state index contributed by atoms with van der Waals surface area (Å²) in [6.07, 6.45) is 2.39. The Morgan fingerprint density at radius 3 is 2.67 bits per heavy atom. The second kappa shape index (κ2) is 7.84. The second-order valence-corrected chi connectivity index (χ2v) is 8.73. The van der Waals surface area contributed by atoms with Crippen LogP contribution in [-0.2, 0) is 0 Å². The van der Waals surface area contributed by atoms with Gasteiger partial charge in [0.1, 0.15) is 17.2 Å². The van der Waals surface area contributed by atoms with Crippen molar-refractivity contribution in [1.82, 2.24) is 10.2 Å². The summed E-state index contributed by atoms with van der Waals surface area (Å²) in [6.45, 7) is 3.18. The lowest BCUT2D eigenvalue weighted by molar-refractivity contribution is 0.0713. The first-order valence-corrected chi connectivity index (χ1v) is 10.7. The van der Waals surface area contributed by atoms with Gasteiger partial charge in [0.15, 0.2) is 0 Å². The number of amides is 1.